The Hall–Kier alpha value is -4.30. The largest absolute Gasteiger partial charge is 0.647 e. The second kappa shape index (κ2) is 17.2. The van der Waals surface area contributed by atoms with Crippen molar-refractivity contribution in [1.29, 1.82) is 0 Å². The fraction of sp³-hybridized carbons (Fsp3) is 0.125. The van der Waals surface area contributed by atoms with E-state index in [-0.39, 0.29) is 0 Å². The van der Waals surface area contributed by atoms with Gasteiger partial charge < -0.3 is 28.9 Å². The van der Waals surface area contributed by atoms with E-state index in [9.17, 15) is 4.57 Å². The summed E-state index contributed by atoms with van der Waals surface area (Å²) < 4.78 is 29.6. The van der Waals surface area contributed by atoms with Crippen LogP contribution >= 0.6 is 7.82 Å². The van der Waals surface area contributed by atoms with Crippen LogP contribution in [0.5, 0.6) is 17.2 Å². The van der Waals surface area contributed by atoms with Crippen LogP contribution in [0.3, 0.4) is 0 Å². The fourth-order valence-electron chi connectivity index (χ4n) is 1.89. The van der Waals surface area contributed by atoms with Crippen LogP contribution in [0.4, 0.5) is 0 Å². The molecule has 0 amide bonds. The van der Waals surface area contributed by atoms with Gasteiger partial charge in [0.2, 0.25) is 0 Å². The number of phosphoric ester groups is 1. The molecule has 0 unspecified atom stereocenters. The molecular formula is C24H27O10P. The zero-order chi connectivity index (χ0) is 26.7. The normalized spacial score (nSPS) is 9.23. The first-order chi connectivity index (χ1) is 16.4. The van der Waals surface area contributed by atoms with Crippen molar-refractivity contribution in [2.75, 3.05) is 0 Å². The molecule has 0 saturated heterocycles. The van der Waals surface area contributed by atoms with E-state index in [1.54, 1.807) is 72.8 Å². The number of benzene rings is 3. The predicted molar refractivity (Wildman–Crippen MR) is 129 cm³/mol. The van der Waals surface area contributed by atoms with Gasteiger partial charge in [-0.25, -0.2) is 0 Å². The molecule has 0 aliphatic rings. The van der Waals surface area contributed by atoms with Crippen LogP contribution in [-0.4, -0.2) is 33.2 Å². The lowest BCUT2D eigenvalue weighted by Gasteiger charge is -2.19. The molecule has 0 aromatic heterocycles. The van der Waals surface area contributed by atoms with Gasteiger partial charge in [0.05, 0.1) is 0 Å². The Kier molecular flexibility index (Phi) is 15.1. The highest BCUT2D eigenvalue weighted by Crippen LogP contribution is 2.49. The first-order valence-electron chi connectivity index (χ1n) is 9.86. The number of para-hydroxylation sites is 3. The van der Waals surface area contributed by atoms with E-state index in [0.29, 0.717) is 17.2 Å². The molecule has 3 rings (SSSR count). The Labute approximate surface area is 203 Å². The first-order valence-corrected chi connectivity index (χ1v) is 11.3. The van der Waals surface area contributed by atoms with Gasteiger partial charge in [-0.3, -0.25) is 14.4 Å². The van der Waals surface area contributed by atoms with E-state index >= 15 is 0 Å². The number of aliphatic carboxylic acids is 3. The summed E-state index contributed by atoms with van der Waals surface area (Å²) in [6.07, 6.45) is 0. The summed E-state index contributed by atoms with van der Waals surface area (Å²) >= 11 is 0. The molecule has 0 radical (unpaired) electrons. The van der Waals surface area contributed by atoms with Gasteiger partial charge in [-0.1, -0.05) is 54.6 Å². The highest BCUT2D eigenvalue weighted by Gasteiger charge is 2.33. The summed E-state index contributed by atoms with van der Waals surface area (Å²) in [5, 5.41) is 22.2. The fourth-order valence-corrected chi connectivity index (χ4v) is 3.14. The number of rotatable bonds is 6. The standard InChI is InChI=1S/C18H15O4P.3C2H4O2/c19-23(20-16-10-4-1-5-11-16,21-17-12-6-2-7-13-17)22-18-14-8-3-9-15-18;3*1-2(3)4/h1-15H;3*1H3,(H,3,4). The molecular weight excluding hydrogens is 479 g/mol. The van der Waals surface area contributed by atoms with Crippen molar-refractivity contribution in [1.82, 2.24) is 0 Å². The zero-order valence-corrected chi connectivity index (χ0v) is 20.2. The molecule has 188 valence electrons. The molecule has 0 heterocycles. The van der Waals surface area contributed by atoms with E-state index in [0.717, 1.165) is 20.8 Å². The molecule has 0 aliphatic heterocycles. The third kappa shape index (κ3) is 18.9. The highest BCUT2D eigenvalue weighted by molar-refractivity contribution is 7.49. The van der Waals surface area contributed by atoms with Gasteiger partial charge in [0.1, 0.15) is 17.2 Å². The molecule has 3 aromatic carbocycles. The maximum atomic E-state index is 13.1. The second-order valence-corrected chi connectivity index (χ2v) is 7.66. The molecule has 0 aliphatic carbocycles. The van der Waals surface area contributed by atoms with Crippen molar-refractivity contribution in [3.8, 4) is 17.2 Å². The van der Waals surface area contributed by atoms with Gasteiger partial charge in [-0.15, -0.1) is 0 Å². The number of phosphoric acid groups is 1. The van der Waals surface area contributed by atoms with Gasteiger partial charge >= 0.3 is 7.82 Å². The lowest BCUT2D eigenvalue weighted by atomic mass is 10.3. The van der Waals surface area contributed by atoms with Crippen LogP contribution < -0.4 is 13.6 Å². The van der Waals surface area contributed by atoms with Crippen molar-refractivity contribution in [2.24, 2.45) is 0 Å². The van der Waals surface area contributed by atoms with Crippen molar-refractivity contribution >= 4 is 25.7 Å². The highest BCUT2D eigenvalue weighted by atomic mass is 31.2. The van der Waals surface area contributed by atoms with Gasteiger partial charge in [0.15, 0.2) is 0 Å². The van der Waals surface area contributed by atoms with Gasteiger partial charge in [-0.2, -0.15) is 4.57 Å². The van der Waals surface area contributed by atoms with E-state index in [1.165, 1.54) is 0 Å². The van der Waals surface area contributed by atoms with E-state index < -0.39 is 25.7 Å². The average molecular weight is 506 g/mol. The third-order valence-electron chi connectivity index (χ3n) is 2.88. The molecule has 11 heteroatoms. The van der Waals surface area contributed by atoms with Crippen LogP contribution in [-0.2, 0) is 18.9 Å². The Morgan fingerprint density at radius 3 is 0.857 bits per heavy atom. The first kappa shape index (κ1) is 30.7. The Morgan fingerprint density at radius 2 is 0.686 bits per heavy atom. The minimum Gasteiger partial charge on any atom is -0.481 e. The number of carboxylic acid groups (broad SMARTS) is 3. The molecule has 0 spiro atoms. The summed E-state index contributed by atoms with van der Waals surface area (Å²) in [6, 6.07) is 26.4. The summed E-state index contributed by atoms with van der Waals surface area (Å²) in [5.41, 5.74) is 0. The Morgan fingerprint density at radius 1 is 0.514 bits per heavy atom. The van der Waals surface area contributed by atoms with Crippen molar-refractivity contribution in [2.45, 2.75) is 20.8 Å². The quantitative estimate of drug-likeness (QED) is 0.359. The van der Waals surface area contributed by atoms with Crippen LogP contribution in [0, 0.1) is 0 Å². The summed E-state index contributed by atoms with van der Waals surface area (Å²) in [6.45, 7) is 3.25. The predicted octanol–water partition coefficient (Wildman–Crippen LogP) is 5.60. The molecule has 3 aromatic rings. The number of hydrogen-bond donors (Lipinski definition) is 3. The summed E-state index contributed by atoms with van der Waals surface area (Å²) in [5.74, 6) is -1.28. The molecule has 0 saturated carbocycles. The molecule has 0 fully saturated rings. The van der Waals surface area contributed by atoms with Gasteiger partial charge in [0, 0.05) is 20.8 Å². The smallest absolute Gasteiger partial charge is 0.481 e. The molecule has 0 bridgehead atoms. The van der Waals surface area contributed by atoms with Crippen LogP contribution in [0.1, 0.15) is 20.8 Å². The number of carboxylic acids is 3. The van der Waals surface area contributed by atoms with E-state index in [1.807, 2.05) is 18.2 Å². The molecule has 0 atom stereocenters. The topological polar surface area (TPSA) is 157 Å². The monoisotopic (exact) mass is 506 g/mol. The summed E-state index contributed by atoms with van der Waals surface area (Å²) in [4.78, 5) is 27.0. The van der Waals surface area contributed by atoms with Crippen LogP contribution in [0.25, 0.3) is 0 Å². The number of carbonyl (C=O) groups is 3. The molecule has 3 N–H and O–H groups in total. The van der Waals surface area contributed by atoms with Gasteiger partial charge in [-0.05, 0) is 36.4 Å². The maximum Gasteiger partial charge on any atom is 0.647 e. The lowest BCUT2D eigenvalue weighted by Crippen LogP contribution is -2.07. The molecule has 35 heavy (non-hydrogen) atoms. The van der Waals surface area contributed by atoms with Crippen LogP contribution in [0.2, 0.25) is 0 Å². The van der Waals surface area contributed by atoms with Crippen molar-refractivity contribution in [3.63, 3.8) is 0 Å². The minimum absolute atomic E-state index is 0.405. The SMILES string of the molecule is CC(=O)O.CC(=O)O.CC(=O)O.O=P(Oc1ccccc1)(Oc1ccccc1)Oc1ccccc1. The maximum absolute atomic E-state index is 13.1. The van der Waals surface area contributed by atoms with Crippen LogP contribution in [0.15, 0.2) is 91.0 Å². The second-order valence-electron chi connectivity index (χ2n) is 6.22. The number of hydrogen-bond acceptors (Lipinski definition) is 7. The van der Waals surface area contributed by atoms with E-state index in [2.05, 4.69) is 0 Å². The average Bonchev–Trinajstić information content (AvgIpc) is 2.74. The van der Waals surface area contributed by atoms with Crippen molar-refractivity contribution < 1.29 is 47.8 Å². The van der Waals surface area contributed by atoms with E-state index in [4.69, 9.17) is 43.3 Å². The molecule has 10 nitrogen and oxygen atoms in total. The van der Waals surface area contributed by atoms with Crippen molar-refractivity contribution in [3.05, 3.63) is 91.0 Å². The zero-order valence-electron chi connectivity index (χ0n) is 19.3. The Bertz CT molecular complexity index is 909. The Balaban J connectivity index is 0.000000807. The van der Waals surface area contributed by atoms with Gasteiger partial charge in [0.25, 0.3) is 17.9 Å². The minimum atomic E-state index is -3.89. The summed E-state index contributed by atoms with van der Waals surface area (Å²) in [7, 11) is -3.89. The lowest BCUT2D eigenvalue weighted by molar-refractivity contribution is -0.135. The third-order valence-corrected chi connectivity index (χ3v) is 4.18.